The number of hydrogen-bond donors (Lipinski definition) is 0. The monoisotopic (exact) mass is 332 g/mol. The summed E-state index contributed by atoms with van der Waals surface area (Å²) in [5.41, 5.74) is 0. The van der Waals surface area contributed by atoms with Crippen molar-refractivity contribution in [2.24, 2.45) is 41.4 Å². The Bertz CT molecular complexity index is 355. The Kier molecular flexibility index (Phi) is 7.11. The van der Waals surface area contributed by atoms with Gasteiger partial charge in [0.25, 0.3) is 0 Å². The summed E-state index contributed by atoms with van der Waals surface area (Å²) in [5, 5.41) is 0. The summed E-state index contributed by atoms with van der Waals surface area (Å²) in [4.78, 5) is 0. The molecule has 24 heavy (non-hydrogen) atoms. The average Bonchev–Trinajstić information content (AvgIpc) is 2.50. The van der Waals surface area contributed by atoms with Crippen molar-refractivity contribution < 1.29 is 0 Å². The highest BCUT2D eigenvalue weighted by molar-refractivity contribution is 4.90. The lowest BCUT2D eigenvalue weighted by atomic mass is 9.59. The smallest absolute Gasteiger partial charge is 0.0383 e. The molecule has 0 heteroatoms. The van der Waals surface area contributed by atoms with Gasteiger partial charge in [-0.15, -0.1) is 0 Å². The molecule has 3 rings (SSSR count). The molecule has 0 bridgehead atoms. The van der Waals surface area contributed by atoms with Crippen molar-refractivity contribution in [3.63, 3.8) is 0 Å². The molecule has 0 aromatic rings. The molecule has 3 aliphatic carbocycles. The van der Waals surface area contributed by atoms with Crippen molar-refractivity contribution in [2.45, 2.75) is 111 Å². The van der Waals surface area contributed by atoms with Crippen molar-refractivity contribution in [1.29, 1.82) is 0 Å². The van der Waals surface area contributed by atoms with Crippen LogP contribution in [0, 0.1) is 41.4 Å². The van der Waals surface area contributed by atoms with Crippen LogP contribution in [-0.4, -0.2) is 0 Å². The molecular formula is C24H44. The summed E-state index contributed by atoms with van der Waals surface area (Å²) in [6.45, 7) is 7.25. The molecule has 3 fully saturated rings. The Hall–Kier alpha value is 0. The Labute approximate surface area is 152 Å². The Balaban J connectivity index is 1.27. The minimum atomic E-state index is 0.924. The lowest BCUT2D eigenvalue weighted by Crippen LogP contribution is -2.35. The molecular weight excluding hydrogens is 288 g/mol. The Morgan fingerprint density at radius 2 is 1.33 bits per heavy atom. The van der Waals surface area contributed by atoms with E-state index >= 15 is 0 Å². The highest BCUT2D eigenvalue weighted by Crippen LogP contribution is 2.50. The fourth-order valence-corrected chi connectivity index (χ4v) is 5.69. The van der Waals surface area contributed by atoms with Crippen molar-refractivity contribution in [3.8, 4) is 0 Å². The quantitative estimate of drug-likeness (QED) is 0.338. The molecule has 3 saturated carbocycles. The molecule has 0 nitrogen and oxygen atoms in total. The van der Waals surface area contributed by atoms with Crippen LogP contribution in [0.25, 0.3) is 0 Å². The van der Waals surface area contributed by atoms with Gasteiger partial charge in [0.05, 0.1) is 0 Å². The fourth-order valence-electron chi connectivity index (χ4n) is 5.69. The van der Waals surface area contributed by atoms with E-state index in [1.54, 1.807) is 57.8 Å². The Morgan fingerprint density at radius 1 is 0.708 bits per heavy atom. The maximum absolute atomic E-state index is 2.47. The van der Waals surface area contributed by atoms with Crippen LogP contribution in [0.2, 0.25) is 0 Å². The molecule has 0 aliphatic heterocycles. The molecule has 0 aromatic carbocycles. The zero-order chi connectivity index (χ0) is 16.9. The van der Waals surface area contributed by atoms with E-state index in [1.165, 1.54) is 32.1 Å². The highest BCUT2D eigenvalue weighted by Gasteiger charge is 2.39. The van der Waals surface area contributed by atoms with Crippen LogP contribution < -0.4 is 0 Å². The topological polar surface area (TPSA) is 0 Å². The minimum absolute atomic E-state index is 0.924. The third-order valence-electron chi connectivity index (χ3n) is 8.72. The molecule has 0 spiro atoms. The second-order valence-electron chi connectivity index (χ2n) is 10.1. The lowest BCUT2D eigenvalue weighted by Gasteiger charge is -2.46. The first-order valence-electron chi connectivity index (χ1n) is 11.7. The van der Waals surface area contributed by atoms with Crippen LogP contribution in [0.1, 0.15) is 111 Å². The molecule has 0 heterocycles. The molecule has 0 saturated heterocycles. The van der Waals surface area contributed by atoms with Gasteiger partial charge in [-0.25, -0.2) is 0 Å². The largest absolute Gasteiger partial charge is 0.0651 e. The summed E-state index contributed by atoms with van der Waals surface area (Å²) in [5.74, 6) is 7.54. The minimum Gasteiger partial charge on any atom is -0.0651 e. The zero-order valence-corrected chi connectivity index (χ0v) is 16.9. The molecule has 0 radical (unpaired) electrons. The van der Waals surface area contributed by atoms with Crippen LogP contribution in [0.4, 0.5) is 0 Å². The van der Waals surface area contributed by atoms with Gasteiger partial charge >= 0.3 is 0 Å². The predicted molar refractivity (Wildman–Crippen MR) is 106 cm³/mol. The summed E-state index contributed by atoms with van der Waals surface area (Å²) in [7, 11) is 0. The second-order valence-corrected chi connectivity index (χ2v) is 10.1. The van der Waals surface area contributed by atoms with Crippen LogP contribution in [0.5, 0.6) is 0 Å². The summed E-state index contributed by atoms with van der Waals surface area (Å²) in [6.07, 6.45) is 21.5. The first-order chi connectivity index (χ1) is 11.7. The molecule has 0 N–H and O–H groups in total. The van der Waals surface area contributed by atoms with Gasteiger partial charge in [-0.05, 0) is 80.0 Å². The predicted octanol–water partition coefficient (Wildman–Crippen LogP) is 7.86. The number of hydrogen-bond acceptors (Lipinski definition) is 0. The third-order valence-corrected chi connectivity index (χ3v) is 8.72. The molecule has 6 atom stereocenters. The third kappa shape index (κ3) is 4.79. The van der Waals surface area contributed by atoms with E-state index in [4.69, 9.17) is 0 Å². The van der Waals surface area contributed by atoms with E-state index < -0.39 is 0 Å². The normalized spacial score (nSPS) is 35.6. The van der Waals surface area contributed by atoms with Crippen LogP contribution in [-0.2, 0) is 0 Å². The van der Waals surface area contributed by atoms with Crippen molar-refractivity contribution in [3.05, 3.63) is 0 Å². The first kappa shape index (κ1) is 18.8. The molecule has 140 valence electrons. The first-order valence-corrected chi connectivity index (χ1v) is 11.7. The van der Waals surface area contributed by atoms with Gasteiger partial charge in [0, 0.05) is 0 Å². The van der Waals surface area contributed by atoms with E-state index in [-0.39, 0.29) is 0 Å². The maximum atomic E-state index is 2.47. The van der Waals surface area contributed by atoms with E-state index in [1.807, 2.05) is 0 Å². The van der Waals surface area contributed by atoms with Crippen LogP contribution in [0.15, 0.2) is 0 Å². The zero-order valence-electron chi connectivity index (χ0n) is 16.9. The van der Waals surface area contributed by atoms with Gasteiger partial charge in [0.2, 0.25) is 0 Å². The van der Waals surface area contributed by atoms with Gasteiger partial charge in [-0.2, -0.15) is 0 Å². The highest BCUT2D eigenvalue weighted by atomic mass is 14.4. The van der Waals surface area contributed by atoms with Crippen molar-refractivity contribution >= 4 is 0 Å². The maximum Gasteiger partial charge on any atom is -0.0383 e. The Morgan fingerprint density at radius 3 is 1.88 bits per heavy atom. The van der Waals surface area contributed by atoms with Crippen LogP contribution in [0.3, 0.4) is 0 Å². The number of rotatable bonds is 11. The van der Waals surface area contributed by atoms with Crippen LogP contribution >= 0.6 is 0 Å². The summed E-state index contributed by atoms with van der Waals surface area (Å²) < 4.78 is 0. The van der Waals surface area contributed by atoms with Gasteiger partial charge in [0.15, 0.2) is 0 Å². The van der Waals surface area contributed by atoms with Gasteiger partial charge in [0.1, 0.15) is 0 Å². The van der Waals surface area contributed by atoms with Crippen molar-refractivity contribution in [1.82, 2.24) is 0 Å². The standard InChI is InChI=1S/C24H44/c1-4-18(2)19(3)8-5-6-11-21-12-13-23(21)17-24-15-14-22(24)16-20-9-7-10-20/h18-24H,4-17H2,1-3H3. The van der Waals surface area contributed by atoms with E-state index in [9.17, 15) is 0 Å². The van der Waals surface area contributed by atoms with E-state index in [0.717, 1.165) is 41.4 Å². The fraction of sp³-hybridized carbons (Fsp3) is 1.00. The van der Waals surface area contributed by atoms with Gasteiger partial charge in [-0.3, -0.25) is 0 Å². The molecule has 3 aliphatic rings. The van der Waals surface area contributed by atoms with Gasteiger partial charge in [-0.1, -0.05) is 72.1 Å². The summed E-state index contributed by atoms with van der Waals surface area (Å²) in [6, 6.07) is 0. The van der Waals surface area contributed by atoms with E-state index in [2.05, 4.69) is 20.8 Å². The SMILES string of the molecule is CCC(C)C(C)CCCCC1CCC1CC1CCC1CC1CCC1. The molecule has 0 amide bonds. The molecule has 6 unspecified atom stereocenters. The lowest BCUT2D eigenvalue weighted by molar-refractivity contribution is 0.0474. The van der Waals surface area contributed by atoms with Crippen molar-refractivity contribution in [2.75, 3.05) is 0 Å². The molecule has 0 aromatic heterocycles. The summed E-state index contributed by atoms with van der Waals surface area (Å²) >= 11 is 0. The average molecular weight is 333 g/mol. The number of unbranched alkanes of at least 4 members (excludes halogenated alkanes) is 1. The van der Waals surface area contributed by atoms with E-state index in [0.29, 0.717) is 0 Å². The van der Waals surface area contributed by atoms with Gasteiger partial charge < -0.3 is 0 Å². The second kappa shape index (κ2) is 9.09.